The minimum atomic E-state index is -1.26. The molecule has 0 fully saturated rings. The van der Waals surface area contributed by atoms with E-state index in [4.69, 9.17) is 5.73 Å². The molecule has 0 aromatic heterocycles. The Morgan fingerprint density at radius 1 is 0.758 bits per heavy atom. The van der Waals surface area contributed by atoms with Crippen LogP contribution in [0, 0.1) is 18.3 Å². The van der Waals surface area contributed by atoms with Crippen molar-refractivity contribution in [3.8, 4) is 6.07 Å². The van der Waals surface area contributed by atoms with Gasteiger partial charge in [0.05, 0.1) is 17.2 Å². The number of rotatable bonds is 6. The molecule has 0 bridgehead atoms. The molecule has 0 aliphatic carbocycles. The lowest BCUT2D eigenvalue weighted by atomic mass is 9.74. The molecule has 0 atom stereocenters. The van der Waals surface area contributed by atoms with Crippen LogP contribution < -0.4 is 5.73 Å². The summed E-state index contributed by atoms with van der Waals surface area (Å²) in [6.45, 7) is 1.91. The molecule has 2 N–H and O–H groups in total. The zero-order chi connectivity index (χ0) is 23.4. The third-order valence-corrected chi connectivity index (χ3v) is 5.80. The van der Waals surface area contributed by atoms with Gasteiger partial charge in [-0.3, -0.25) is 9.59 Å². The summed E-state index contributed by atoms with van der Waals surface area (Å²) in [6, 6.07) is 32.4. The lowest BCUT2D eigenvalue weighted by Crippen LogP contribution is -2.41. The number of hydrogen-bond acceptors (Lipinski definition) is 4. The Morgan fingerprint density at radius 3 is 1.82 bits per heavy atom. The van der Waals surface area contributed by atoms with Crippen LogP contribution in [0.15, 0.2) is 103 Å². The standard InChI is InChI=1S/C29H22N2O2/c1-20-12-15-22(16-13-20)27(32)28(33)25-17-14-21(19-30)18-26(25)29(31,23-8-4-2-5-9-23)24-10-6-3-7-11-24/h2-18H,31H2,1H3. The van der Waals surface area contributed by atoms with Crippen molar-refractivity contribution in [3.63, 3.8) is 0 Å². The normalized spacial score (nSPS) is 10.9. The molecular weight excluding hydrogens is 408 g/mol. The van der Waals surface area contributed by atoms with Gasteiger partial charge in [0, 0.05) is 11.1 Å². The Labute approximate surface area is 192 Å². The lowest BCUT2D eigenvalue weighted by molar-refractivity contribution is 0.0816. The third kappa shape index (κ3) is 4.10. The lowest BCUT2D eigenvalue weighted by Gasteiger charge is -2.33. The number of nitrogens with two attached hydrogens (primary N) is 1. The minimum Gasteiger partial charge on any atom is -0.314 e. The van der Waals surface area contributed by atoms with Crippen molar-refractivity contribution in [2.24, 2.45) is 5.73 Å². The van der Waals surface area contributed by atoms with Crippen LogP contribution in [0.4, 0.5) is 0 Å². The maximum atomic E-state index is 13.5. The minimum absolute atomic E-state index is 0.176. The van der Waals surface area contributed by atoms with Crippen LogP contribution in [0.25, 0.3) is 0 Å². The van der Waals surface area contributed by atoms with Crippen molar-refractivity contribution in [1.82, 2.24) is 0 Å². The topological polar surface area (TPSA) is 84.0 Å². The SMILES string of the molecule is Cc1ccc(C(=O)C(=O)c2ccc(C#N)cc2C(N)(c2ccccc2)c2ccccc2)cc1. The number of Topliss-reactive ketones (excluding diaryl/α,β-unsaturated/α-hetero) is 2. The van der Waals surface area contributed by atoms with Gasteiger partial charge in [0.2, 0.25) is 11.6 Å². The van der Waals surface area contributed by atoms with Crippen molar-refractivity contribution in [2.45, 2.75) is 12.5 Å². The van der Waals surface area contributed by atoms with E-state index in [9.17, 15) is 14.9 Å². The molecule has 0 radical (unpaired) electrons. The first kappa shape index (κ1) is 21.9. The second kappa shape index (κ2) is 9.04. The fourth-order valence-corrected chi connectivity index (χ4v) is 3.98. The zero-order valence-electron chi connectivity index (χ0n) is 18.2. The summed E-state index contributed by atoms with van der Waals surface area (Å²) in [6.07, 6.45) is 0. The van der Waals surface area contributed by atoms with Gasteiger partial charge in [-0.2, -0.15) is 5.26 Å². The Morgan fingerprint density at radius 2 is 1.30 bits per heavy atom. The molecule has 0 saturated carbocycles. The van der Waals surface area contributed by atoms with E-state index < -0.39 is 17.1 Å². The van der Waals surface area contributed by atoms with Gasteiger partial charge in [-0.1, -0.05) is 90.5 Å². The van der Waals surface area contributed by atoms with E-state index in [2.05, 4.69) is 6.07 Å². The maximum absolute atomic E-state index is 13.5. The Kier molecular flexibility index (Phi) is 5.99. The van der Waals surface area contributed by atoms with Gasteiger partial charge < -0.3 is 5.73 Å². The van der Waals surface area contributed by atoms with Gasteiger partial charge in [0.1, 0.15) is 0 Å². The van der Waals surface area contributed by atoms with Crippen molar-refractivity contribution < 1.29 is 9.59 Å². The molecule has 4 aromatic rings. The van der Waals surface area contributed by atoms with E-state index in [1.807, 2.05) is 67.6 Å². The molecule has 4 nitrogen and oxygen atoms in total. The summed E-state index contributed by atoms with van der Waals surface area (Å²) < 4.78 is 0. The number of benzene rings is 4. The molecule has 0 spiro atoms. The van der Waals surface area contributed by atoms with Crippen LogP contribution in [-0.2, 0) is 5.54 Å². The van der Waals surface area contributed by atoms with Crippen LogP contribution >= 0.6 is 0 Å². The fraction of sp³-hybridized carbons (Fsp3) is 0.0690. The van der Waals surface area contributed by atoms with E-state index in [0.717, 1.165) is 16.7 Å². The Hall–Kier alpha value is -4.33. The molecule has 0 amide bonds. The predicted molar refractivity (Wildman–Crippen MR) is 128 cm³/mol. The number of aryl methyl sites for hydroxylation is 1. The van der Waals surface area contributed by atoms with Crippen LogP contribution in [0.2, 0.25) is 0 Å². The van der Waals surface area contributed by atoms with E-state index in [1.165, 1.54) is 12.1 Å². The van der Waals surface area contributed by atoms with E-state index in [1.54, 1.807) is 30.3 Å². The second-order valence-electron chi connectivity index (χ2n) is 7.94. The zero-order valence-corrected chi connectivity index (χ0v) is 18.2. The van der Waals surface area contributed by atoms with Gasteiger partial charge in [-0.25, -0.2) is 0 Å². The molecule has 4 aromatic carbocycles. The van der Waals surface area contributed by atoms with E-state index in [0.29, 0.717) is 16.7 Å². The van der Waals surface area contributed by atoms with Crippen molar-refractivity contribution >= 4 is 11.6 Å². The molecular formula is C29H22N2O2. The van der Waals surface area contributed by atoms with Crippen molar-refractivity contribution in [1.29, 1.82) is 5.26 Å². The smallest absolute Gasteiger partial charge is 0.233 e. The highest BCUT2D eigenvalue weighted by molar-refractivity contribution is 6.49. The molecule has 0 aliphatic rings. The quantitative estimate of drug-likeness (QED) is 0.259. The van der Waals surface area contributed by atoms with Gasteiger partial charge >= 0.3 is 0 Å². The average Bonchev–Trinajstić information content (AvgIpc) is 2.88. The van der Waals surface area contributed by atoms with E-state index >= 15 is 0 Å². The molecule has 4 rings (SSSR count). The van der Waals surface area contributed by atoms with Crippen molar-refractivity contribution in [2.75, 3.05) is 0 Å². The molecule has 0 heterocycles. The van der Waals surface area contributed by atoms with Gasteiger partial charge in [0.15, 0.2) is 0 Å². The number of carbonyl (C=O) groups is 2. The number of carbonyl (C=O) groups excluding carboxylic acids is 2. The Balaban J connectivity index is 1.95. The first-order valence-corrected chi connectivity index (χ1v) is 10.6. The second-order valence-corrected chi connectivity index (χ2v) is 7.94. The number of nitriles is 1. The molecule has 0 unspecified atom stereocenters. The van der Waals surface area contributed by atoms with Crippen LogP contribution in [0.5, 0.6) is 0 Å². The number of hydrogen-bond donors (Lipinski definition) is 1. The monoisotopic (exact) mass is 430 g/mol. The third-order valence-electron chi connectivity index (χ3n) is 5.80. The summed E-state index contributed by atoms with van der Waals surface area (Å²) in [4.78, 5) is 26.6. The molecule has 160 valence electrons. The molecule has 0 saturated heterocycles. The summed E-state index contributed by atoms with van der Waals surface area (Å²) in [5.74, 6) is -1.29. The van der Waals surface area contributed by atoms with Crippen LogP contribution in [0.1, 0.15) is 48.5 Å². The first-order chi connectivity index (χ1) is 15.9. The average molecular weight is 431 g/mol. The van der Waals surface area contributed by atoms with Gasteiger partial charge in [0.25, 0.3) is 0 Å². The van der Waals surface area contributed by atoms with Crippen LogP contribution in [0.3, 0.4) is 0 Å². The predicted octanol–water partition coefficient (Wildman–Crippen LogP) is 5.18. The van der Waals surface area contributed by atoms with Crippen molar-refractivity contribution in [3.05, 3.63) is 142 Å². The first-order valence-electron chi connectivity index (χ1n) is 10.6. The summed E-state index contributed by atoms with van der Waals surface area (Å²) >= 11 is 0. The highest BCUT2D eigenvalue weighted by Gasteiger charge is 2.36. The summed E-state index contributed by atoms with van der Waals surface area (Å²) in [5.41, 5.74) is 9.57. The molecule has 0 aliphatic heterocycles. The molecule has 4 heteroatoms. The summed E-state index contributed by atoms with van der Waals surface area (Å²) in [5, 5.41) is 9.57. The largest absolute Gasteiger partial charge is 0.314 e. The fourth-order valence-electron chi connectivity index (χ4n) is 3.98. The number of ketones is 2. The van der Waals surface area contributed by atoms with E-state index in [-0.39, 0.29) is 5.56 Å². The highest BCUT2D eigenvalue weighted by Crippen LogP contribution is 2.37. The van der Waals surface area contributed by atoms with Gasteiger partial charge in [-0.15, -0.1) is 0 Å². The van der Waals surface area contributed by atoms with Gasteiger partial charge in [-0.05, 0) is 41.8 Å². The van der Waals surface area contributed by atoms with Crippen LogP contribution in [-0.4, -0.2) is 11.6 Å². The highest BCUT2D eigenvalue weighted by atomic mass is 16.2. The molecule has 33 heavy (non-hydrogen) atoms. The summed E-state index contributed by atoms with van der Waals surface area (Å²) in [7, 11) is 0. The maximum Gasteiger partial charge on any atom is 0.233 e. The Bertz CT molecular complexity index is 1310. The number of nitrogens with zero attached hydrogens (tertiary/aromatic N) is 1.